The van der Waals surface area contributed by atoms with Crippen molar-refractivity contribution in [2.24, 2.45) is 5.92 Å². The number of ether oxygens (including phenoxy) is 1. The first-order valence-corrected chi connectivity index (χ1v) is 13.2. The summed E-state index contributed by atoms with van der Waals surface area (Å²) in [6.45, 7) is 9.90. The first-order valence-electron chi connectivity index (χ1n) is 13.2. The van der Waals surface area contributed by atoms with Gasteiger partial charge in [-0.15, -0.1) is 0 Å². The highest BCUT2D eigenvalue weighted by atomic mass is 19.1. The van der Waals surface area contributed by atoms with E-state index in [-0.39, 0.29) is 29.3 Å². The van der Waals surface area contributed by atoms with E-state index < -0.39 is 0 Å². The van der Waals surface area contributed by atoms with E-state index in [0.717, 1.165) is 48.6 Å². The summed E-state index contributed by atoms with van der Waals surface area (Å²) in [6, 6.07) is 20.8. The molecule has 0 radical (unpaired) electrons. The lowest BCUT2D eigenvalue weighted by Crippen LogP contribution is -2.43. The minimum absolute atomic E-state index is 0.187. The predicted molar refractivity (Wildman–Crippen MR) is 143 cm³/mol. The molecule has 1 heterocycles. The number of halogens is 2. The monoisotopic (exact) mass is 506 g/mol. The average Bonchev–Trinajstić information content (AvgIpc) is 2.91. The van der Waals surface area contributed by atoms with Gasteiger partial charge in [-0.1, -0.05) is 50.2 Å². The highest BCUT2D eigenvalue weighted by molar-refractivity contribution is 5.83. The third kappa shape index (κ3) is 7.24. The minimum atomic E-state index is -0.321. The number of hydrogen-bond acceptors (Lipinski definition) is 4. The normalized spacial score (nSPS) is 16.5. The summed E-state index contributed by atoms with van der Waals surface area (Å²) in [7, 11) is 0. The number of carbonyl (C=O) groups is 1. The van der Waals surface area contributed by atoms with Gasteiger partial charge in [0, 0.05) is 44.4 Å². The van der Waals surface area contributed by atoms with E-state index in [9.17, 15) is 13.6 Å². The highest BCUT2D eigenvalue weighted by Crippen LogP contribution is 2.36. The maximum absolute atomic E-state index is 13.7. The molecule has 0 amide bonds. The van der Waals surface area contributed by atoms with Crippen LogP contribution in [-0.4, -0.2) is 54.9 Å². The van der Waals surface area contributed by atoms with Crippen LogP contribution >= 0.6 is 0 Å². The van der Waals surface area contributed by atoms with Crippen molar-refractivity contribution >= 4 is 5.78 Å². The Hall–Kier alpha value is -3.09. The van der Waals surface area contributed by atoms with Crippen LogP contribution in [0.4, 0.5) is 8.78 Å². The van der Waals surface area contributed by atoms with Gasteiger partial charge >= 0.3 is 0 Å². The van der Waals surface area contributed by atoms with Gasteiger partial charge in [0.1, 0.15) is 29.8 Å². The van der Waals surface area contributed by atoms with Gasteiger partial charge in [0.05, 0.1) is 0 Å². The number of benzene rings is 3. The topological polar surface area (TPSA) is 32.8 Å². The van der Waals surface area contributed by atoms with Crippen LogP contribution in [0, 0.1) is 17.6 Å². The maximum atomic E-state index is 13.7. The smallest absolute Gasteiger partial charge is 0.139 e. The molecule has 4 nitrogen and oxygen atoms in total. The SMILES string of the molecule is CCN(CC)CCOc1ccc(CN2CCC(=O)C(C(c3ccc(F)cc3)c3ccc(F)cc3)C2)cc1. The summed E-state index contributed by atoms with van der Waals surface area (Å²) < 4.78 is 33.2. The molecule has 0 bridgehead atoms. The summed E-state index contributed by atoms with van der Waals surface area (Å²) in [6.07, 6.45) is 0.454. The molecule has 196 valence electrons. The maximum Gasteiger partial charge on any atom is 0.139 e. The Morgan fingerprint density at radius 1 is 0.892 bits per heavy atom. The third-order valence-electron chi connectivity index (χ3n) is 7.30. The number of carbonyl (C=O) groups excluding carboxylic acids is 1. The number of nitrogens with zero attached hydrogens (tertiary/aromatic N) is 2. The van der Waals surface area contributed by atoms with E-state index >= 15 is 0 Å². The number of likely N-dealkylation sites (N-methyl/N-ethyl adjacent to an activating group) is 1. The fourth-order valence-corrected chi connectivity index (χ4v) is 5.14. The first-order chi connectivity index (χ1) is 18.0. The first kappa shape index (κ1) is 27.0. The standard InChI is InChI=1S/C31H36F2N2O2/c1-3-34(4-2)19-20-37-28-15-5-23(6-16-28)21-35-18-17-30(36)29(22-35)31(24-7-11-26(32)12-8-24)25-9-13-27(33)14-10-25/h5-16,29,31H,3-4,17-22H2,1-2H3. The summed E-state index contributed by atoms with van der Waals surface area (Å²) in [4.78, 5) is 17.8. The Labute approximate surface area is 218 Å². The quantitative estimate of drug-likeness (QED) is 0.324. The van der Waals surface area contributed by atoms with Gasteiger partial charge in [-0.3, -0.25) is 9.69 Å². The minimum Gasteiger partial charge on any atom is -0.492 e. The van der Waals surface area contributed by atoms with Gasteiger partial charge in [-0.25, -0.2) is 8.78 Å². The van der Waals surface area contributed by atoms with E-state index in [4.69, 9.17) is 4.74 Å². The van der Waals surface area contributed by atoms with Gasteiger partial charge in [-0.05, 0) is 66.2 Å². The average molecular weight is 507 g/mol. The summed E-state index contributed by atoms with van der Waals surface area (Å²) in [5, 5.41) is 0. The van der Waals surface area contributed by atoms with E-state index in [1.54, 1.807) is 24.3 Å². The van der Waals surface area contributed by atoms with Crippen LogP contribution in [0.2, 0.25) is 0 Å². The largest absolute Gasteiger partial charge is 0.492 e. The van der Waals surface area contributed by atoms with E-state index in [1.807, 2.05) is 12.1 Å². The van der Waals surface area contributed by atoms with Crippen LogP contribution < -0.4 is 4.74 Å². The zero-order chi connectivity index (χ0) is 26.2. The number of likely N-dealkylation sites (tertiary alicyclic amines) is 1. The van der Waals surface area contributed by atoms with Crippen LogP contribution in [0.25, 0.3) is 0 Å². The van der Waals surface area contributed by atoms with Gasteiger partial charge in [0.2, 0.25) is 0 Å². The Bertz CT molecular complexity index is 1080. The van der Waals surface area contributed by atoms with Gasteiger partial charge in [0.15, 0.2) is 0 Å². The Balaban J connectivity index is 1.45. The molecule has 0 aliphatic carbocycles. The molecule has 37 heavy (non-hydrogen) atoms. The lowest BCUT2D eigenvalue weighted by Gasteiger charge is -2.36. The summed E-state index contributed by atoms with van der Waals surface area (Å²) in [5.41, 5.74) is 2.88. The second-order valence-electron chi connectivity index (χ2n) is 9.66. The molecule has 1 saturated heterocycles. The molecule has 4 rings (SSSR count). The van der Waals surface area contributed by atoms with Crippen molar-refractivity contribution in [1.29, 1.82) is 0 Å². The van der Waals surface area contributed by atoms with Crippen molar-refractivity contribution < 1.29 is 18.3 Å². The van der Waals surface area contributed by atoms with Crippen molar-refractivity contribution in [2.75, 3.05) is 39.3 Å². The molecule has 0 saturated carbocycles. The second-order valence-corrected chi connectivity index (χ2v) is 9.66. The molecular weight excluding hydrogens is 470 g/mol. The zero-order valence-electron chi connectivity index (χ0n) is 21.7. The van der Waals surface area contributed by atoms with E-state index in [2.05, 4.69) is 35.8 Å². The Morgan fingerprint density at radius 3 is 2.00 bits per heavy atom. The molecular formula is C31H36F2N2O2. The summed E-state index contributed by atoms with van der Waals surface area (Å²) in [5.74, 6) is -0.162. The number of rotatable bonds is 11. The van der Waals surface area contributed by atoms with Crippen LogP contribution in [0.3, 0.4) is 0 Å². The van der Waals surface area contributed by atoms with Gasteiger partial charge in [-0.2, -0.15) is 0 Å². The van der Waals surface area contributed by atoms with Crippen molar-refractivity contribution in [3.05, 3.63) is 101 Å². The Kier molecular flexibility index (Phi) is 9.42. The molecule has 3 aromatic carbocycles. The predicted octanol–water partition coefficient (Wildman–Crippen LogP) is 5.91. The lowest BCUT2D eigenvalue weighted by atomic mass is 9.76. The molecule has 1 aliphatic rings. The highest BCUT2D eigenvalue weighted by Gasteiger charge is 2.35. The fourth-order valence-electron chi connectivity index (χ4n) is 5.14. The fraction of sp³-hybridized carbons (Fsp3) is 0.387. The number of ketones is 1. The van der Waals surface area contributed by atoms with Crippen molar-refractivity contribution in [1.82, 2.24) is 9.80 Å². The number of Topliss-reactive ketones (excluding diaryl/α,β-unsaturated/α-hetero) is 1. The van der Waals surface area contributed by atoms with Crippen LogP contribution in [0.1, 0.15) is 42.9 Å². The molecule has 1 fully saturated rings. The summed E-state index contributed by atoms with van der Waals surface area (Å²) >= 11 is 0. The van der Waals surface area contributed by atoms with Crippen LogP contribution in [0.15, 0.2) is 72.8 Å². The molecule has 1 atom stereocenters. The van der Waals surface area contributed by atoms with Gasteiger partial charge < -0.3 is 9.64 Å². The second kappa shape index (κ2) is 12.9. The lowest BCUT2D eigenvalue weighted by molar-refractivity contribution is -0.126. The van der Waals surface area contributed by atoms with Crippen molar-refractivity contribution in [3.63, 3.8) is 0 Å². The molecule has 0 aromatic heterocycles. The third-order valence-corrected chi connectivity index (χ3v) is 7.30. The molecule has 6 heteroatoms. The van der Waals surface area contributed by atoms with Crippen molar-refractivity contribution in [2.45, 2.75) is 32.7 Å². The molecule has 1 aliphatic heterocycles. The molecule has 3 aromatic rings. The van der Waals surface area contributed by atoms with Crippen LogP contribution in [-0.2, 0) is 11.3 Å². The number of piperidine rings is 1. The molecule has 0 spiro atoms. The molecule has 0 N–H and O–H groups in total. The van der Waals surface area contributed by atoms with Crippen LogP contribution in [0.5, 0.6) is 5.75 Å². The van der Waals surface area contributed by atoms with E-state index in [0.29, 0.717) is 26.1 Å². The number of hydrogen-bond donors (Lipinski definition) is 0. The van der Waals surface area contributed by atoms with E-state index in [1.165, 1.54) is 24.3 Å². The Morgan fingerprint density at radius 2 is 1.46 bits per heavy atom. The van der Waals surface area contributed by atoms with Gasteiger partial charge in [0.25, 0.3) is 0 Å². The molecule has 1 unspecified atom stereocenters. The van der Waals surface area contributed by atoms with Crippen molar-refractivity contribution in [3.8, 4) is 5.75 Å². The zero-order valence-corrected chi connectivity index (χ0v) is 21.7.